The number of nitrogens with one attached hydrogen (secondary N) is 2. The van der Waals surface area contributed by atoms with Crippen LogP contribution in [-0.4, -0.2) is 38.8 Å². The van der Waals surface area contributed by atoms with Crippen molar-refractivity contribution in [3.63, 3.8) is 0 Å². The summed E-state index contributed by atoms with van der Waals surface area (Å²) in [5.41, 5.74) is 2.14. The third-order valence-corrected chi connectivity index (χ3v) is 5.73. The summed E-state index contributed by atoms with van der Waals surface area (Å²) in [6, 6.07) is 13.7. The molecule has 3 rings (SSSR count). The lowest BCUT2D eigenvalue weighted by Crippen LogP contribution is -2.31. The van der Waals surface area contributed by atoms with Crippen LogP contribution in [0.25, 0.3) is 0 Å². The van der Waals surface area contributed by atoms with Gasteiger partial charge in [-0.25, -0.2) is 8.42 Å². The first-order valence-electron chi connectivity index (χ1n) is 9.06. The Morgan fingerprint density at radius 3 is 2.52 bits per heavy atom. The van der Waals surface area contributed by atoms with E-state index in [0.29, 0.717) is 11.3 Å². The van der Waals surface area contributed by atoms with Crippen LogP contribution in [-0.2, 0) is 30.8 Å². The summed E-state index contributed by atoms with van der Waals surface area (Å²) >= 11 is 0. The van der Waals surface area contributed by atoms with E-state index in [2.05, 4.69) is 15.0 Å². The predicted molar refractivity (Wildman–Crippen MR) is 108 cm³/mol. The maximum Gasteiger partial charge on any atom is 0.328 e. The molecule has 1 amide bonds. The van der Waals surface area contributed by atoms with E-state index < -0.39 is 34.5 Å². The van der Waals surface area contributed by atoms with E-state index in [1.165, 1.54) is 13.0 Å². The first-order valence-corrected chi connectivity index (χ1v) is 10.5. The van der Waals surface area contributed by atoms with E-state index in [0.717, 1.165) is 12.0 Å². The number of fused-ring (bicyclic) bond motifs is 1. The summed E-state index contributed by atoms with van der Waals surface area (Å²) in [6.07, 6.45) is -0.133. The van der Waals surface area contributed by atoms with Crippen LogP contribution in [0, 0.1) is 0 Å². The number of sulfonamides is 1. The number of hydrogen-bond donors (Lipinski definition) is 2. The van der Waals surface area contributed by atoms with E-state index in [9.17, 15) is 18.0 Å². The number of rotatable bonds is 6. The minimum Gasteiger partial charge on any atom is -0.451 e. The second-order valence-electron chi connectivity index (χ2n) is 6.44. The molecule has 2 aromatic rings. The van der Waals surface area contributed by atoms with E-state index in [4.69, 9.17) is 4.74 Å². The standard InChI is InChI=1S/C20H21N3O5S/c1-3-14-8-10-15(11-9-14)22-20(25)13(2)28-18(24)12-21-19-16-6-4-5-7-17(16)29(26,27)23-19/h4-11,13H,3,12H2,1-2H3,(H,21,23)(H,22,25)/t13-/m0/s1. The fraction of sp³-hybridized carbons (Fsp3) is 0.250. The number of carbonyl (C=O) groups excluding carboxylic acids is 2. The normalized spacial score (nSPS) is 16.6. The third kappa shape index (κ3) is 4.80. The second kappa shape index (κ2) is 8.44. The van der Waals surface area contributed by atoms with E-state index in [-0.39, 0.29) is 10.7 Å². The number of esters is 1. The summed E-state index contributed by atoms with van der Waals surface area (Å²) in [5.74, 6) is -1.14. The summed E-state index contributed by atoms with van der Waals surface area (Å²) in [7, 11) is -3.68. The highest BCUT2D eigenvalue weighted by atomic mass is 32.2. The van der Waals surface area contributed by atoms with Gasteiger partial charge in [0.2, 0.25) is 0 Å². The van der Waals surface area contributed by atoms with Gasteiger partial charge in [-0.15, -0.1) is 0 Å². The molecule has 1 aliphatic rings. The van der Waals surface area contributed by atoms with E-state index >= 15 is 0 Å². The van der Waals surface area contributed by atoms with Crippen LogP contribution in [0.3, 0.4) is 0 Å². The van der Waals surface area contributed by atoms with Gasteiger partial charge in [0.25, 0.3) is 15.9 Å². The molecule has 9 heteroatoms. The molecule has 0 saturated carbocycles. The van der Waals surface area contributed by atoms with Crippen LogP contribution in [0.2, 0.25) is 0 Å². The number of aryl methyl sites for hydroxylation is 1. The van der Waals surface area contributed by atoms with Gasteiger partial charge in [0.05, 0.1) is 4.90 Å². The summed E-state index contributed by atoms with van der Waals surface area (Å²) < 4.78 is 31.5. The molecule has 1 aliphatic heterocycles. The first kappa shape index (κ1) is 20.5. The molecule has 0 unspecified atom stereocenters. The molecular weight excluding hydrogens is 394 g/mol. The van der Waals surface area contributed by atoms with Crippen molar-refractivity contribution in [2.45, 2.75) is 31.3 Å². The van der Waals surface area contributed by atoms with Crippen molar-refractivity contribution in [3.8, 4) is 0 Å². The van der Waals surface area contributed by atoms with Crippen LogP contribution in [0.15, 0.2) is 58.4 Å². The number of nitrogens with zero attached hydrogens (tertiary/aromatic N) is 1. The average Bonchev–Trinajstić information content (AvgIpc) is 2.97. The highest BCUT2D eigenvalue weighted by Crippen LogP contribution is 2.22. The number of amides is 1. The van der Waals surface area contributed by atoms with Gasteiger partial charge in [0, 0.05) is 11.3 Å². The fourth-order valence-corrected chi connectivity index (χ4v) is 4.00. The van der Waals surface area contributed by atoms with Crippen LogP contribution in [0.5, 0.6) is 0 Å². The number of hydrogen-bond acceptors (Lipinski definition) is 6. The lowest BCUT2D eigenvalue weighted by Gasteiger charge is -2.13. The molecule has 0 radical (unpaired) electrons. The van der Waals surface area contributed by atoms with Crippen molar-refractivity contribution in [2.24, 2.45) is 4.99 Å². The minimum atomic E-state index is -3.68. The maximum absolute atomic E-state index is 12.2. The Morgan fingerprint density at radius 1 is 1.14 bits per heavy atom. The zero-order valence-electron chi connectivity index (χ0n) is 16.0. The first-order chi connectivity index (χ1) is 13.8. The Hall–Kier alpha value is -3.20. The van der Waals surface area contributed by atoms with E-state index in [1.807, 2.05) is 19.1 Å². The zero-order chi connectivity index (χ0) is 21.0. The predicted octanol–water partition coefficient (Wildman–Crippen LogP) is 1.86. The average molecular weight is 415 g/mol. The van der Waals surface area contributed by atoms with Gasteiger partial charge in [0.15, 0.2) is 6.10 Å². The molecule has 29 heavy (non-hydrogen) atoms. The number of amidine groups is 1. The Kier molecular flexibility index (Phi) is 5.97. The minimum absolute atomic E-state index is 0.0747. The molecule has 0 aromatic heterocycles. The molecule has 2 N–H and O–H groups in total. The molecule has 2 aromatic carbocycles. The molecule has 0 fully saturated rings. The SMILES string of the molecule is CCc1ccc(NC(=O)[C@H](C)OC(=O)CN=C2NS(=O)(=O)c3ccccc32)cc1. The van der Waals surface area contributed by atoms with Crippen molar-refractivity contribution in [2.75, 3.05) is 11.9 Å². The molecular formula is C20H21N3O5S. The monoisotopic (exact) mass is 415 g/mol. The lowest BCUT2D eigenvalue weighted by atomic mass is 10.1. The molecule has 0 bridgehead atoms. The van der Waals surface area contributed by atoms with Crippen molar-refractivity contribution >= 4 is 33.4 Å². The molecule has 0 spiro atoms. The van der Waals surface area contributed by atoms with Crippen LogP contribution in [0.1, 0.15) is 25.0 Å². The molecule has 1 heterocycles. The maximum atomic E-state index is 12.2. The van der Waals surface area contributed by atoms with Crippen LogP contribution in [0.4, 0.5) is 5.69 Å². The molecule has 0 aliphatic carbocycles. The van der Waals surface area contributed by atoms with Gasteiger partial charge in [-0.05, 0) is 43.2 Å². The number of ether oxygens (including phenoxy) is 1. The Morgan fingerprint density at radius 2 is 1.83 bits per heavy atom. The number of carbonyl (C=O) groups is 2. The number of anilines is 1. The van der Waals surface area contributed by atoms with Crippen molar-refractivity contribution in [1.82, 2.24) is 4.72 Å². The largest absolute Gasteiger partial charge is 0.451 e. The van der Waals surface area contributed by atoms with Gasteiger partial charge in [-0.2, -0.15) is 0 Å². The Balaban J connectivity index is 1.58. The van der Waals surface area contributed by atoms with Crippen molar-refractivity contribution in [1.29, 1.82) is 0 Å². The molecule has 1 atom stereocenters. The van der Waals surface area contributed by atoms with Gasteiger partial charge >= 0.3 is 5.97 Å². The number of aliphatic imine (C=N–C) groups is 1. The van der Waals surface area contributed by atoms with E-state index in [1.54, 1.807) is 30.3 Å². The van der Waals surface area contributed by atoms with Crippen LogP contribution < -0.4 is 10.0 Å². The smallest absolute Gasteiger partial charge is 0.328 e. The van der Waals surface area contributed by atoms with Crippen molar-refractivity contribution < 1.29 is 22.7 Å². The van der Waals surface area contributed by atoms with Crippen molar-refractivity contribution in [3.05, 3.63) is 59.7 Å². The van der Waals surface area contributed by atoms with Gasteiger partial charge < -0.3 is 10.1 Å². The highest BCUT2D eigenvalue weighted by Gasteiger charge is 2.30. The Labute approximate surface area is 169 Å². The molecule has 8 nitrogen and oxygen atoms in total. The highest BCUT2D eigenvalue weighted by molar-refractivity contribution is 7.90. The number of benzene rings is 2. The van der Waals surface area contributed by atoms with Crippen LogP contribution >= 0.6 is 0 Å². The summed E-state index contributed by atoms with van der Waals surface area (Å²) in [5, 5.41) is 2.68. The fourth-order valence-electron chi connectivity index (χ4n) is 2.75. The lowest BCUT2D eigenvalue weighted by molar-refractivity contribution is -0.151. The zero-order valence-corrected chi connectivity index (χ0v) is 16.8. The van der Waals surface area contributed by atoms with Gasteiger partial charge in [-0.1, -0.05) is 31.2 Å². The Bertz CT molecular complexity index is 1060. The summed E-state index contributed by atoms with van der Waals surface area (Å²) in [6.45, 7) is 3.07. The van der Waals surface area contributed by atoms with Gasteiger partial charge in [0.1, 0.15) is 12.4 Å². The third-order valence-electron chi connectivity index (χ3n) is 4.34. The topological polar surface area (TPSA) is 114 Å². The second-order valence-corrected chi connectivity index (χ2v) is 8.09. The van der Waals surface area contributed by atoms with Gasteiger partial charge in [-0.3, -0.25) is 19.3 Å². The molecule has 0 saturated heterocycles. The molecule has 152 valence electrons. The quantitative estimate of drug-likeness (QED) is 0.699. The summed E-state index contributed by atoms with van der Waals surface area (Å²) in [4.78, 5) is 28.3.